The highest BCUT2D eigenvalue weighted by atomic mass is 16.3. The van der Waals surface area contributed by atoms with Crippen LogP contribution < -0.4 is 10.2 Å². The van der Waals surface area contributed by atoms with Gasteiger partial charge in [-0.25, -0.2) is 15.0 Å². The maximum absolute atomic E-state index is 12.8. The summed E-state index contributed by atoms with van der Waals surface area (Å²) in [6.07, 6.45) is 6.20. The number of carbonyl (C=O) groups is 1. The smallest absolute Gasteiger partial charge is 0.273 e. The van der Waals surface area contributed by atoms with E-state index in [0.717, 1.165) is 50.5 Å². The second-order valence-electron chi connectivity index (χ2n) is 8.55. The molecule has 0 saturated carbocycles. The van der Waals surface area contributed by atoms with Crippen LogP contribution in [0.15, 0.2) is 23.1 Å². The van der Waals surface area contributed by atoms with E-state index < -0.39 is 0 Å². The van der Waals surface area contributed by atoms with E-state index >= 15 is 0 Å². The first-order valence-electron chi connectivity index (χ1n) is 10.4. The second kappa shape index (κ2) is 7.74. The summed E-state index contributed by atoms with van der Waals surface area (Å²) in [5, 5.41) is 3.25. The standard InChI is InChI=1S/C21H30N6O2/c1-14(2)19-22-9-6-17(25-19)27-10-5-8-21(12-27)16(7-11-26(21)4)24-20(28)18-15(3)29-13-23-18/h6,9,13-14,16H,5,7-8,10-12H2,1-4H3,(H,24,28). The van der Waals surface area contributed by atoms with Crippen molar-refractivity contribution in [2.24, 2.45) is 0 Å². The zero-order chi connectivity index (χ0) is 20.6. The Hall–Kier alpha value is -2.48. The molecule has 2 atom stereocenters. The molecule has 1 spiro atoms. The van der Waals surface area contributed by atoms with Crippen LogP contribution >= 0.6 is 0 Å². The lowest BCUT2D eigenvalue weighted by atomic mass is 9.82. The van der Waals surface area contributed by atoms with Gasteiger partial charge in [0, 0.05) is 31.7 Å². The van der Waals surface area contributed by atoms with Crippen molar-refractivity contribution in [1.29, 1.82) is 0 Å². The molecule has 8 nitrogen and oxygen atoms in total. The Morgan fingerprint density at radius 3 is 2.90 bits per heavy atom. The molecular weight excluding hydrogens is 368 g/mol. The number of piperidine rings is 1. The number of oxazole rings is 1. The van der Waals surface area contributed by atoms with Gasteiger partial charge in [-0.05, 0) is 39.3 Å². The monoisotopic (exact) mass is 398 g/mol. The van der Waals surface area contributed by atoms with Crippen LogP contribution in [-0.4, -0.2) is 64.0 Å². The SMILES string of the molecule is Cc1ocnc1C(=O)NC1CCN(C)C12CCCN(c1ccnc(C(C)C)n1)C2. The summed E-state index contributed by atoms with van der Waals surface area (Å²) < 4.78 is 5.21. The molecule has 2 aromatic heterocycles. The van der Waals surface area contributed by atoms with Crippen LogP contribution in [0.5, 0.6) is 0 Å². The summed E-state index contributed by atoms with van der Waals surface area (Å²) in [7, 11) is 2.16. The highest BCUT2D eigenvalue weighted by Crippen LogP contribution is 2.38. The number of hydrogen-bond acceptors (Lipinski definition) is 7. The zero-order valence-corrected chi connectivity index (χ0v) is 17.7. The lowest BCUT2D eigenvalue weighted by Gasteiger charge is -2.48. The summed E-state index contributed by atoms with van der Waals surface area (Å²) in [6.45, 7) is 8.74. The Bertz CT molecular complexity index is 882. The first-order chi connectivity index (χ1) is 13.9. The number of nitrogens with one attached hydrogen (secondary N) is 1. The highest BCUT2D eigenvalue weighted by Gasteiger charge is 2.50. The number of likely N-dealkylation sites (N-methyl/N-ethyl adjacent to an activating group) is 1. The number of aryl methyl sites for hydroxylation is 1. The van der Waals surface area contributed by atoms with Crippen molar-refractivity contribution in [1.82, 2.24) is 25.2 Å². The summed E-state index contributed by atoms with van der Waals surface area (Å²) >= 11 is 0. The third-order valence-corrected chi connectivity index (χ3v) is 6.43. The van der Waals surface area contributed by atoms with E-state index in [0.29, 0.717) is 17.4 Å². The molecule has 2 fully saturated rings. The Kier molecular flexibility index (Phi) is 5.29. The van der Waals surface area contributed by atoms with E-state index in [4.69, 9.17) is 9.40 Å². The van der Waals surface area contributed by atoms with E-state index in [1.54, 1.807) is 6.92 Å². The largest absolute Gasteiger partial charge is 0.448 e. The lowest BCUT2D eigenvalue weighted by molar-refractivity contribution is 0.0834. The maximum Gasteiger partial charge on any atom is 0.273 e. The van der Waals surface area contributed by atoms with Crippen LogP contribution in [0.25, 0.3) is 0 Å². The van der Waals surface area contributed by atoms with Crippen molar-refractivity contribution in [2.45, 2.75) is 57.5 Å². The van der Waals surface area contributed by atoms with Crippen LogP contribution in [0.1, 0.15) is 61.1 Å². The summed E-state index contributed by atoms with van der Waals surface area (Å²) in [6, 6.07) is 2.05. The summed E-state index contributed by atoms with van der Waals surface area (Å²) in [5.74, 6) is 2.53. The molecule has 156 valence electrons. The van der Waals surface area contributed by atoms with Gasteiger partial charge in [0.25, 0.3) is 5.91 Å². The van der Waals surface area contributed by atoms with Gasteiger partial charge >= 0.3 is 0 Å². The number of nitrogens with zero attached hydrogens (tertiary/aromatic N) is 5. The number of carbonyl (C=O) groups excluding carboxylic acids is 1. The Balaban J connectivity index is 1.56. The topological polar surface area (TPSA) is 87.4 Å². The van der Waals surface area contributed by atoms with Crippen molar-refractivity contribution in [3.05, 3.63) is 35.9 Å². The van der Waals surface area contributed by atoms with Gasteiger partial charge < -0.3 is 14.6 Å². The fourth-order valence-corrected chi connectivity index (χ4v) is 4.71. The van der Waals surface area contributed by atoms with E-state index in [9.17, 15) is 4.79 Å². The van der Waals surface area contributed by atoms with Gasteiger partial charge in [0.05, 0.1) is 11.6 Å². The normalized spacial score (nSPS) is 25.1. The van der Waals surface area contributed by atoms with Gasteiger partial charge in [0.1, 0.15) is 17.4 Å². The van der Waals surface area contributed by atoms with Gasteiger partial charge in [-0.1, -0.05) is 13.8 Å². The van der Waals surface area contributed by atoms with Crippen LogP contribution in [0.3, 0.4) is 0 Å². The Morgan fingerprint density at radius 1 is 1.34 bits per heavy atom. The van der Waals surface area contributed by atoms with Crippen LogP contribution in [0.4, 0.5) is 5.82 Å². The number of anilines is 1. The molecule has 0 aromatic carbocycles. The third-order valence-electron chi connectivity index (χ3n) is 6.43. The first kappa shape index (κ1) is 19.8. The van der Waals surface area contributed by atoms with Gasteiger partial charge in [0.2, 0.25) is 0 Å². The summed E-state index contributed by atoms with van der Waals surface area (Å²) in [4.78, 5) is 30.8. The van der Waals surface area contributed by atoms with Gasteiger partial charge in [0.15, 0.2) is 12.1 Å². The summed E-state index contributed by atoms with van der Waals surface area (Å²) in [5.41, 5.74) is 0.258. The molecule has 1 N–H and O–H groups in total. The average Bonchev–Trinajstić information content (AvgIpc) is 3.27. The fourth-order valence-electron chi connectivity index (χ4n) is 4.71. The molecule has 8 heteroatoms. The molecular formula is C21H30N6O2. The molecule has 29 heavy (non-hydrogen) atoms. The molecule has 4 rings (SSSR count). The van der Waals surface area contributed by atoms with Gasteiger partial charge in [-0.2, -0.15) is 0 Å². The van der Waals surface area contributed by atoms with Crippen molar-refractivity contribution in [3.63, 3.8) is 0 Å². The van der Waals surface area contributed by atoms with Gasteiger partial charge in [-0.15, -0.1) is 0 Å². The molecule has 1 amide bonds. The van der Waals surface area contributed by atoms with Crippen LogP contribution in [0.2, 0.25) is 0 Å². The lowest BCUT2D eigenvalue weighted by Crippen LogP contribution is -2.63. The predicted octanol–water partition coefficient (Wildman–Crippen LogP) is 2.37. The molecule has 2 unspecified atom stereocenters. The number of likely N-dealkylation sites (tertiary alicyclic amines) is 1. The van der Waals surface area contributed by atoms with E-state index in [-0.39, 0.29) is 17.5 Å². The van der Waals surface area contributed by atoms with Crippen LogP contribution in [0, 0.1) is 6.92 Å². The molecule has 2 saturated heterocycles. The van der Waals surface area contributed by atoms with Gasteiger partial charge in [-0.3, -0.25) is 9.69 Å². The van der Waals surface area contributed by atoms with E-state index in [1.807, 2.05) is 12.3 Å². The predicted molar refractivity (Wildman–Crippen MR) is 110 cm³/mol. The van der Waals surface area contributed by atoms with Crippen molar-refractivity contribution in [3.8, 4) is 0 Å². The quantitative estimate of drug-likeness (QED) is 0.846. The highest BCUT2D eigenvalue weighted by molar-refractivity contribution is 5.93. The maximum atomic E-state index is 12.8. The molecule has 2 aromatic rings. The average molecular weight is 399 g/mol. The third kappa shape index (κ3) is 3.61. The van der Waals surface area contributed by atoms with E-state index in [2.05, 4.69) is 46.0 Å². The van der Waals surface area contributed by atoms with Crippen molar-refractivity contribution < 1.29 is 9.21 Å². The number of hydrogen-bond donors (Lipinski definition) is 1. The first-order valence-corrected chi connectivity index (χ1v) is 10.4. The minimum atomic E-state index is -0.155. The second-order valence-corrected chi connectivity index (χ2v) is 8.55. The Labute approximate surface area is 171 Å². The van der Waals surface area contributed by atoms with Crippen LogP contribution in [-0.2, 0) is 0 Å². The minimum absolute atomic E-state index is 0.0605. The molecule has 0 radical (unpaired) electrons. The molecule has 2 aliphatic rings. The van der Waals surface area contributed by atoms with Crippen molar-refractivity contribution in [2.75, 3.05) is 31.6 Å². The Morgan fingerprint density at radius 2 is 2.17 bits per heavy atom. The number of amides is 1. The van der Waals surface area contributed by atoms with Crippen molar-refractivity contribution >= 4 is 11.7 Å². The molecule has 4 heterocycles. The number of rotatable bonds is 4. The molecule has 0 bridgehead atoms. The molecule has 0 aliphatic carbocycles. The minimum Gasteiger partial charge on any atom is -0.448 e. The number of aromatic nitrogens is 3. The molecule has 2 aliphatic heterocycles. The van der Waals surface area contributed by atoms with E-state index in [1.165, 1.54) is 6.39 Å². The fraction of sp³-hybridized carbons (Fsp3) is 0.619. The zero-order valence-electron chi connectivity index (χ0n) is 17.7.